The number of aromatic nitrogens is 1. The first-order chi connectivity index (χ1) is 16.6. The lowest BCUT2D eigenvalue weighted by atomic mass is 9.95. The van der Waals surface area contributed by atoms with Crippen LogP contribution in [0, 0.1) is 6.92 Å². The molecule has 6 rings (SSSR count). The summed E-state index contributed by atoms with van der Waals surface area (Å²) < 4.78 is 5.72. The Morgan fingerprint density at radius 3 is 2.59 bits per heavy atom. The smallest absolute Gasteiger partial charge is 0.335 e. The molecule has 0 spiro atoms. The first kappa shape index (κ1) is 20.2. The monoisotopic (exact) mass is 446 g/mol. The van der Waals surface area contributed by atoms with Crippen molar-refractivity contribution >= 4 is 28.1 Å². The molecule has 0 fully saturated rings. The van der Waals surface area contributed by atoms with Gasteiger partial charge in [0.2, 0.25) is 0 Å². The maximum atomic E-state index is 11.7. The van der Waals surface area contributed by atoms with Crippen molar-refractivity contribution in [2.24, 2.45) is 0 Å². The van der Waals surface area contributed by atoms with Crippen LogP contribution in [0.1, 0.15) is 33.3 Å². The van der Waals surface area contributed by atoms with Gasteiger partial charge in [0.25, 0.3) is 0 Å². The Morgan fingerprint density at radius 2 is 1.76 bits per heavy atom. The summed E-state index contributed by atoms with van der Waals surface area (Å²) in [5.74, 6) is -0.178. The lowest BCUT2D eigenvalue weighted by Gasteiger charge is -2.28. The van der Waals surface area contributed by atoms with Crippen LogP contribution in [0.2, 0.25) is 0 Å². The standard InChI is InChI=1S/C29H22N2O3/c1-18-27(28(30-34-18)20-9-3-2-4-10-20)26-17-24-23-13-6-5-8-19(23)14-15-25(24)31(26)22-12-7-11-21(16-22)29(32)33/h2-16,26H,17H2,1H3,(H,32,33). The van der Waals surface area contributed by atoms with Crippen LogP contribution in [0.4, 0.5) is 11.4 Å². The summed E-state index contributed by atoms with van der Waals surface area (Å²) in [6.07, 6.45) is 0.760. The molecule has 1 aliphatic heterocycles. The van der Waals surface area contributed by atoms with E-state index in [1.54, 1.807) is 18.2 Å². The molecule has 1 aromatic heterocycles. The Bertz CT molecular complexity index is 1540. The summed E-state index contributed by atoms with van der Waals surface area (Å²) in [5, 5.41) is 16.5. The molecule has 0 aliphatic carbocycles. The highest BCUT2D eigenvalue weighted by Gasteiger charge is 2.37. The normalized spacial score (nSPS) is 15.0. The second-order valence-corrected chi connectivity index (χ2v) is 8.60. The van der Waals surface area contributed by atoms with Crippen LogP contribution in [0.3, 0.4) is 0 Å². The zero-order chi connectivity index (χ0) is 23.2. The number of hydrogen-bond donors (Lipinski definition) is 1. The summed E-state index contributed by atoms with van der Waals surface area (Å²) in [6, 6.07) is 29.7. The minimum absolute atomic E-state index is 0.0914. The number of rotatable bonds is 4. The van der Waals surface area contributed by atoms with Gasteiger partial charge in [0.1, 0.15) is 11.5 Å². The van der Waals surface area contributed by atoms with Crippen LogP contribution < -0.4 is 4.90 Å². The molecule has 34 heavy (non-hydrogen) atoms. The first-order valence-electron chi connectivity index (χ1n) is 11.3. The maximum absolute atomic E-state index is 11.7. The number of fused-ring (bicyclic) bond motifs is 3. The lowest BCUT2D eigenvalue weighted by Crippen LogP contribution is -2.21. The van der Waals surface area contributed by atoms with Crippen molar-refractivity contribution in [1.82, 2.24) is 5.16 Å². The molecule has 5 aromatic rings. The van der Waals surface area contributed by atoms with Gasteiger partial charge in [-0.3, -0.25) is 0 Å². The quantitative estimate of drug-likeness (QED) is 0.324. The van der Waals surface area contributed by atoms with Gasteiger partial charge in [-0.15, -0.1) is 0 Å². The Kier molecular flexibility index (Phi) is 4.69. The predicted octanol–water partition coefficient (Wildman–Crippen LogP) is 6.94. The third-order valence-electron chi connectivity index (χ3n) is 6.64. The zero-order valence-corrected chi connectivity index (χ0v) is 18.6. The molecule has 0 amide bonds. The Labute approximate surface area is 196 Å². The van der Waals surface area contributed by atoms with E-state index in [1.165, 1.54) is 16.3 Å². The number of aromatic carboxylic acids is 1. The largest absolute Gasteiger partial charge is 0.478 e. The fraction of sp³-hybridized carbons (Fsp3) is 0.103. The van der Waals surface area contributed by atoms with Gasteiger partial charge < -0.3 is 14.5 Å². The van der Waals surface area contributed by atoms with E-state index in [1.807, 2.05) is 49.4 Å². The van der Waals surface area contributed by atoms with Gasteiger partial charge in [0, 0.05) is 28.9 Å². The molecule has 0 bridgehead atoms. The molecule has 166 valence electrons. The summed E-state index contributed by atoms with van der Waals surface area (Å²) >= 11 is 0. The number of anilines is 2. The Morgan fingerprint density at radius 1 is 0.971 bits per heavy atom. The number of carboxylic acid groups (broad SMARTS) is 1. The Balaban J connectivity index is 1.59. The minimum atomic E-state index is -0.942. The van der Waals surface area contributed by atoms with Crippen LogP contribution in [0.15, 0.2) is 95.5 Å². The van der Waals surface area contributed by atoms with Gasteiger partial charge in [-0.25, -0.2) is 4.79 Å². The molecule has 1 aliphatic rings. The molecule has 1 atom stereocenters. The molecule has 1 N–H and O–H groups in total. The van der Waals surface area contributed by atoms with Crippen molar-refractivity contribution in [1.29, 1.82) is 0 Å². The average Bonchev–Trinajstić information content (AvgIpc) is 3.45. The lowest BCUT2D eigenvalue weighted by molar-refractivity contribution is 0.0697. The van der Waals surface area contributed by atoms with E-state index in [9.17, 15) is 9.90 Å². The van der Waals surface area contributed by atoms with Gasteiger partial charge in [0.15, 0.2) is 0 Å². The molecular weight excluding hydrogens is 424 g/mol. The van der Waals surface area contributed by atoms with E-state index in [0.29, 0.717) is 0 Å². The number of carboxylic acids is 1. The van der Waals surface area contributed by atoms with E-state index in [-0.39, 0.29) is 11.6 Å². The van der Waals surface area contributed by atoms with Crippen molar-refractivity contribution in [3.63, 3.8) is 0 Å². The Hall–Kier alpha value is -4.38. The van der Waals surface area contributed by atoms with Crippen LogP contribution >= 0.6 is 0 Å². The SMILES string of the molecule is Cc1onc(-c2ccccc2)c1C1Cc2c(ccc3ccccc23)N1c1cccc(C(=O)O)c1. The molecule has 2 heterocycles. The zero-order valence-electron chi connectivity index (χ0n) is 18.6. The fourth-order valence-corrected chi connectivity index (χ4v) is 5.13. The van der Waals surface area contributed by atoms with Crippen molar-refractivity contribution < 1.29 is 14.4 Å². The van der Waals surface area contributed by atoms with Gasteiger partial charge >= 0.3 is 5.97 Å². The molecule has 4 aromatic carbocycles. The third kappa shape index (κ3) is 3.17. The molecule has 1 unspecified atom stereocenters. The predicted molar refractivity (Wildman–Crippen MR) is 133 cm³/mol. The molecule has 0 saturated carbocycles. The molecule has 0 radical (unpaired) electrons. The van der Waals surface area contributed by atoms with Crippen LogP contribution in [0.25, 0.3) is 22.0 Å². The van der Waals surface area contributed by atoms with Crippen LogP contribution in [-0.4, -0.2) is 16.2 Å². The van der Waals surface area contributed by atoms with Crippen LogP contribution in [0.5, 0.6) is 0 Å². The highest BCUT2D eigenvalue weighted by molar-refractivity contribution is 5.94. The maximum Gasteiger partial charge on any atom is 0.335 e. The van der Waals surface area contributed by atoms with Crippen molar-refractivity contribution in [3.05, 3.63) is 113 Å². The van der Waals surface area contributed by atoms with Crippen molar-refractivity contribution in [2.75, 3.05) is 4.90 Å². The molecular formula is C29H22N2O3. The molecule has 0 saturated heterocycles. The van der Waals surface area contributed by atoms with Gasteiger partial charge in [-0.1, -0.05) is 71.9 Å². The van der Waals surface area contributed by atoms with E-state index >= 15 is 0 Å². The second-order valence-electron chi connectivity index (χ2n) is 8.60. The van der Waals surface area contributed by atoms with E-state index in [4.69, 9.17) is 4.52 Å². The van der Waals surface area contributed by atoms with Gasteiger partial charge in [-0.2, -0.15) is 0 Å². The van der Waals surface area contributed by atoms with Crippen molar-refractivity contribution in [2.45, 2.75) is 19.4 Å². The number of benzene rings is 4. The number of hydrogen-bond acceptors (Lipinski definition) is 4. The summed E-state index contributed by atoms with van der Waals surface area (Å²) in [5.41, 5.74) is 6.24. The van der Waals surface area contributed by atoms with E-state index < -0.39 is 5.97 Å². The second kappa shape index (κ2) is 7.89. The highest BCUT2D eigenvalue weighted by atomic mass is 16.5. The minimum Gasteiger partial charge on any atom is -0.478 e. The molecule has 5 heteroatoms. The first-order valence-corrected chi connectivity index (χ1v) is 11.3. The van der Waals surface area contributed by atoms with Gasteiger partial charge in [-0.05, 0) is 47.5 Å². The fourth-order valence-electron chi connectivity index (χ4n) is 5.13. The topological polar surface area (TPSA) is 66.6 Å². The number of nitrogens with zero attached hydrogens (tertiary/aromatic N) is 2. The highest BCUT2D eigenvalue weighted by Crippen LogP contribution is 2.50. The van der Waals surface area contributed by atoms with E-state index in [0.717, 1.165) is 40.4 Å². The summed E-state index contributed by atoms with van der Waals surface area (Å²) in [7, 11) is 0. The average molecular weight is 447 g/mol. The number of carbonyl (C=O) groups is 1. The van der Waals surface area contributed by atoms with Gasteiger partial charge in [0.05, 0.1) is 11.6 Å². The van der Waals surface area contributed by atoms with E-state index in [2.05, 4.69) is 40.4 Å². The number of aryl methyl sites for hydroxylation is 1. The summed E-state index contributed by atoms with van der Waals surface area (Å²) in [6.45, 7) is 1.95. The van der Waals surface area contributed by atoms with Crippen LogP contribution in [-0.2, 0) is 6.42 Å². The molecule has 5 nitrogen and oxygen atoms in total. The third-order valence-corrected chi connectivity index (χ3v) is 6.64. The summed E-state index contributed by atoms with van der Waals surface area (Å²) in [4.78, 5) is 14.0. The van der Waals surface area contributed by atoms with Crippen molar-refractivity contribution in [3.8, 4) is 11.3 Å².